The van der Waals surface area contributed by atoms with E-state index >= 15 is 0 Å². The highest BCUT2D eigenvalue weighted by Gasteiger charge is 2.14. The summed E-state index contributed by atoms with van der Waals surface area (Å²) in [6.07, 6.45) is 3.30. The van der Waals surface area contributed by atoms with Gasteiger partial charge in [-0.1, -0.05) is 13.8 Å². The first-order valence-electron chi connectivity index (χ1n) is 6.33. The lowest BCUT2D eigenvalue weighted by atomic mass is 10.1. The van der Waals surface area contributed by atoms with Gasteiger partial charge in [0.2, 0.25) is 0 Å². The van der Waals surface area contributed by atoms with Crippen molar-refractivity contribution >= 4 is 27.3 Å². The van der Waals surface area contributed by atoms with Crippen LogP contribution in [-0.2, 0) is 4.74 Å². The molecule has 0 saturated heterocycles. The molecule has 0 radical (unpaired) electrons. The fourth-order valence-electron chi connectivity index (χ4n) is 1.65. The maximum absolute atomic E-state index is 5.58. The van der Waals surface area contributed by atoms with Crippen molar-refractivity contribution in [1.82, 2.24) is 5.32 Å². The van der Waals surface area contributed by atoms with Gasteiger partial charge >= 0.3 is 0 Å². The first-order chi connectivity index (χ1) is 8.29. The number of hydrogen-bond donors (Lipinski definition) is 1. The van der Waals surface area contributed by atoms with Crippen molar-refractivity contribution in [3.05, 3.63) is 20.8 Å². The number of halogens is 1. The molecule has 1 unspecified atom stereocenters. The largest absolute Gasteiger partial charge is 0.381 e. The molecular weight excluding hydrogens is 298 g/mol. The zero-order valence-electron chi connectivity index (χ0n) is 10.7. The second-order valence-electron chi connectivity index (χ2n) is 4.04. The average Bonchev–Trinajstić information content (AvgIpc) is 2.75. The molecule has 0 aliphatic heterocycles. The molecule has 2 nitrogen and oxygen atoms in total. The van der Waals surface area contributed by atoms with Gasteiger partial charge in [-0.25, -0.2) is 0 Å². The molecule has 0 spiro atoms. The Morgan fingerprint density at radius 3 is 2.76 bits per heavy atom. The standard InChI is InChI=1S/C13H22BrNOS/c1-3-7-15-12(5-9-16-8-4-2)13-11(14)6-10-17-13/h6,10,12,15H,3-5,7-9H2,1-2H3. The maximum atomic E-state index is 5.58. The molecule has 1 atom stereocenters. The van der Waals surface area contributed by atoms with E-state index in [0.29, 0.717) is 6.04 Å². The number of thiophene rings is 1. The van der Waals surface area contributed by atoms with Gasteiger partial charge in [0.05, 0.1) is 0 Å². The summed E-state index contributed by atoms with van der Waals surface area (Å²) in [5.41, 5.74) is 0. The van der Waals surface area contributed by atoms with Crippen LogP contribution in [0.5, 0.6) is 0 Å². The highest BCUT2D eigenvalue weighted by molar-refractivity contribution is 9.10. The first kappa shape index (κ1) is 15.2. The molecule has 0 amide bonds. The minimum absolute atomic E-state index is 0.418. The third-order valence-corrected chi connectivity index (χ3v) is 4.49. The highest BCUT2D eigenvalue weighted by atomic mass is 79.9. The minimum Gasteiger partial charge on any atom is -0.381 e. The quantitative estimate of drug-likeness (QED) is 0.682. The van der Waals surface area contributed by atoms with Gasteiger partial charge in [-0.05, 0) is 53.2 Å². The molecule has 17 heavy (non-hydrogen) atoms. The van der Waals surface area contributed by atoms with Crippen LogP contribution in [0.2, 0.25) is 0 Å². The highest BCUT2D eigenvalue weighted by Crippen LogP contribution is 2.30. The van der Waals surface area contributed by atoms with E-state index in [1.807, 2.05) is 0 Å². The SMILES string of the molecule is CCCNC(CCOCCC)c1sccc1Br. The van der Waals surface area contributed by atoms with Crippen molar-refractivity contribution < 1.29 is 4.74 Å². The Hall–Kier alpha value is 0.100. The molecular formula is C13H22BrNOS. The molecule has 98 valence electrons. The van der Waals surface area contributed by atoms with Crippen molar-refractivity contribution in [1.29, 1.82) is 0 Å². The Balaban J connectivity index is 2.46. The second-order valence-corrected chi connectivity index (χ2v) is 5.84. The summed E-state index contributed by atoms with van der Waals surface area (Å²) in [5.74, 6) is 0. The lowest BCUT2D eigenvalue weighted by Gasteiger charge is -2.18. The molecule has 0 fully saturated rings. The summed E-state index contributed by atoms with van der Waals surface area (Å²) in [5, 5.41) is 5.72. The van der Waals surface area contributed by atoms with E-state index in [0.717, 1.165) is 39.0 Å². The van der Waals surface area contributed by atoms with Crippen LogP contribution in [0, 0.1) is 0 Å². The molecule has 1 aromatic heterocycles. The van der Waals surface area contributed by atoms with Gasteiger partial charge in [0.1, 0.15) is 0 Å². The van der Waals surface area contributed by atoms with E-state index in [9.17, 15) is 0 Å². The third-order valence-electron chi connectivity index (χ3n) is 2.50. The van der Waals surface area contributed by atoms with E-state index in [2.05, 4.69) is 46.5 Å². The molecule has 0 saturated carbocycles. The summed E-state index contributed by atoms with van der Waals surface area (Å²) >= 11 is 5.42. The number of nitrogens with one attached hydrogen (secondary N) is 1. The Kier molecular flexibility index (Phi) is 8.10. The smallest absolute Gasteiger partial charge is 0.0484 e. The Morgan fingerprint density at radius 1 is 1.35 bits per heavy atom. The zero-order chi connectivity index (χ0) is 12.5. The van der Waals surface area contributed by atoms with Crippen LogP contribution in [0.4, 0.5) is 0 Å². The summed E-state index contributed by atoms with van der Waals surface area (Å²) < 4.78 is 6.79. The van der Waals surface area contributed by atoms with Gasteiger partial charge in [0.25, 0.3) is 0 Å². The second kappa shape index (κ2) is 9.09. The average molecular weight is 320 g/mol. The van der Waals surface area contributed by atoms with Crippen LogP contribution in [0.15, 0.2) is 15.9 Å². The van der Waals surface area contributed by atoms with Crippen LogP contribution in [-0.4, -0.2) is 19.8 Å². The van der Waals surface area contributed by atoms with Gasteiger partial charge in [0.15, 0.2) is 0 Å². The zero-order valence-corrected chi connectivity index (χ0v) is 13.1. The van der Waals surface area contributed by atoms with Crippen LogP contribution >= 0.6 is 27.3 Å². The Bertz CT molecular complexity index is 303. The Labute approximate surface area is 117 Å². The minimum atomic E-state index is 0.418. The normalized spacial score (nSPS) is 12.9. The van der Waals surface area contributed by atoms with Crippen molar-refractivity contribution in [3.63, 3.8) is 0 Å². The molecule has 1 N–H and O–H groups in total. The van der Waals surface area contributed by atoms with Gasteiger partial charge < -0.3 is 10.1 Å². The fourth-order valence-corrected chi connectivity index (χ4v) is 3.41. The lowest BCUT2D eigenvalue weighted by molar-refractivity contribution is 0.125. The summed E-state index contributed by atoms with van der Waals surface area (Å²) in [4.78, 5) is 1.39. The van der Waals surface area contributed by atoms with Gasteiger partial charge in [0, 0.05) is 28.6 Å². The van der Waals surface area contributed by atoms with E-state index < -0.39 is 0 Å². The Morgan fingerprint density at radius 2 is 2.18 bits per heavy atom. The molecule has 4 heteroatoms. The number of ether oxygens (including phenoxy) is 1. The summed E-state index contributed by atoms with van der Waals surface area (Å²) in [6.45, 7) is 7.10. The van der Waals surface area contributed by atoms with Crippen molar-refractivity contribution in [2.75, 3.05) is 19.8 Å². The topological polar surface area (TPSA) is 21.3 Å². The third kappa shape index (κ3) is 5.51. The molecule has 0 aliphatic rings. The van der Waals surface area contributed by atoms with Gasteiger partial charge in [-0.3, -0.25) is 0 Å². The van der Waals surface area contributed by atoms with Crippen LogP contribution in [0.25, 0.3) is 0 Å². The summed E-state index contributed by atoms with van der Waals surface area (Å²) in [6, 6.07) is 2.54. The molecule has 0 aromatic carbocycles. The molecule has 1 aromatic rings. The van der Waals surface area contributed by atoms with Crippen LogP contribution in [0.1, 0.15) is 44.0 Å². The predicted molar refractivity (Wildman–Crippen MR) is 78.8 cm³/mol. The number of hydrogen-bond acceptors (Lipinski definition) is 3. The molecule has 1 heterocycles. The van der Waals surface area contributed by atoms with Gasteiger partial charge in [-0.2, -0.15) is 0 Å². The summed E-state index contributed by atoms with van der Waals surface area (Å²) in [7, 11) is 0. The number of rotatable bonds is 9. The van der Waals surface area contributed by atoms with Crippen LogP contribution < -0.4 is 5.32 Å². The lowest BCUT2D eigenvalue weighted by Crippen LogP contribution is -2.23. The van der Waals surface area contributed by atoms with E-state index in [1.165, 1.54) is 9.35 Å². The molecule has 0 aliphatic carbocycles. The van der Waals surface area contributed by atoms with E-state index in [-0.39, 0.29) is 0 Å². The van der Waals surface area contributed by atoms with E-state index in [4.69, 9.17) is 4.74 Å². The van der Waals surface area contributed by atoms with Crippen molar-refractivity contribution in [3.8, 4) is 0 Å². The van der Waals surface area contributed by atoms with E-state index in [1.54, 1.807) is 11.3 Å². The van der Waals surface area contributed by atoms with Gasteiger partial charge in [-0.15, -0.1) is 11.3 Å². The predicted octanol–water partition coefficient (Wildman–Crippen LogP) is 4.37. The first-order valence-corrected chi connectivity index (χ1v) is 8.00. The van der Waals surface area contributed by atoms with Crippen LogP contribution in [0.3, 0.4) is 0 Å². The fraction of sp³-hybridized carbons (Fsp3) is 0.692. The monoisotopic (exact) mass is 319 g/mol. The molecule has 0 bridgehead atoms. The van der Waals surface area contributed by atoms with Crippen molar-refractivity contribution in [2.45, 2.75) is 39.2 Å². The maximum Gasteiger partial charge on any atom is 0.0484 e. The molecule has 1 rings (SSSR count). The van der Waals surface area contributed by atoms with Crippen molar-refractivity contribution in [2.24, 2.45) is 0 Å².